The molecule has 1 aliphatic rings. The fraction of sp³-hybridized carbons (Fsp3) is 0.950. The molecule has 2 N–H and O–H groups in total. The second kappa shape index (κ2) is 13.3. The van der Waals surface area contributed by atoms with E-state index in [0.29, 0.717) is 12.1 Å². The maximum atomic E-state index is 4.34. The third-order valence-electron chi connectivity index (χ3n) is 5.32. The number of nitrogens with zero attached hydrogens (tertiary/aromatic N) is 4. The average Bonchev–Trinajstić information content (AvgIpc) is 2.63. The van der Waals surface area contributed by atoms with Crippen LogP contribution in [0.2, 0.25) is 0 Å². The van der Waals surface area contributed by atoms with Gasteiger partial charge in [-0.2, -0.15) is 0 Å². The van der Waals surface area contributed by atoms with Crippen molar-refractivity contribution in [3.8, 4) is 0 Å². The molecule has 1 aliphatic heterocycles. The predicted molar refractivity (Wildman–Crippen MR) is 114 cm³/mol. The summed E-state index contributed by atoms with van der Waals surface area (Å²) >= 11 is 0. The summed E-state index contributed by atoms with van der Waals surface area (Å²) in [6.07, 6.45) is 2.45. The molecule has 0 aliphatic carbocycles. The summed E-state index contributed by atoms with van der Waals surface area (Å²) in [7, 11) is 1.85. The average molecular weight is 369 g/mol. The zero-order valence-corrected chi connectivity index (χ0v) is 18.2. The summed E-state index contributed by atoms with van der Waals surface area (Å²) in [5.41, 5.74) is 0. The zero-order valence-electron chi connectivity index (χ0n) is 18.2. The fourth-order valence-electron chi connectivity index (χ4n) is 3.63. The van der Waals surface area contributed by atoms with Crippen molar-refractivity contribution in [1.29, 1.82) is 0 Å². The molecular formula is C20H44N6. The largest absolute Gasteiger partial charge is 0.356 e. The van der Waals surface area contributed by atoms with Crippen molar-refractivity contribution >= 4 is 5.96 Å². The number of hydrogen-bond donors (Lipinski definition) is 2. The molecule has 0 radical (unpaired) electrons. The van der Waals surface area contributed by atoms with Crippen molar-refractivity contribution in [2.75, 3.05) is 66.0 Å². The highest BCUT2D eigenvalue weighted by Gasteiger charge is 2.14. The first kappa shape index (κ1) is 23.2. The Labute approximate surface area is 162 Å². The zero-order chi connectivity index (χ0) is 19.4. The predicted octanol–water partition coefficient (Wildman–Crippen LogP) is 1.69. The number of guanidine groups is 1. The normalized spacial score (nSPS) is 17.5. The van der Waals surface area contributed by atoms with Gasteiger partial charge in [0, 0.05) is 64.9 Å². The summed E-state index contributed by atoms with van der Waals surface area (Å²) in [6, 6.07) is 1.15. The van der Waals surface area contributed by atoms with Crippen molar-refractivity contribution in [1.82, 2.24) is 25.3 Å². The lowest BCUT2D eigenvalue weighted by atomic mass is 10.2. The van der Waals surface area contributed by atoms with E-state index in [0.717, 1.165) is 25.6 Å². The quantitative estimate of drug-likeness (QED) is 0.330. The lowest BCUT2D eigenvalue weighted by molar-refractivity contribution is 0.136. The van der Waals surface area contributed by atoms with Gasteiger partial charge < -0.3 is 20.4 Å². The van der Waals surface area contributed by atoms with E-state index in [-0.39, 0.29) is 0 Å². The first-order chi connectivity index (χ1) is 12.5. The number of aliphatic imine (C=N–C) groups is 1. The van der Waals surface area contributed by atoms with Gasteiger partial charge in [0.05, 0.1) is 0 Å². The van der Waals surface area contributed by atoms with Crippen LogP contribution in [0.4, 0.5) is 0 Å². The van der Waals surface area contributed by atoms with Gasteiger partial charge in [0.1, 0.15) is 0 Å². The molecule has 6 nitrogen and oxygen atoms in total. The van der Waals surface area contributed by atoms with Gasteiger partial charge in [0.15, 0.2) is 5.96 Å². The minimum Gasteiger partial charge on any atom is -0.356 e. The van der Waals surface area contributed by atoms with Crippen molar-refractivity contribution < 1.29 is 0 Å². The topological polar surface area (TPSA) is 46.1 Å². The first-order valence-electron chi connectivity index (χ1n) is 10.6. The van der Waals surface area contributed by atoms with Crippen LogP contribution in [0.5, 0.6) is 0 Å². The van der Waals surface area contributed by atoms with Gasteiger partial charge in [-0.15, -0.1) is 0 Å². The van der Waals surface area contributed by atoms with Crippen LogP contribution in [-0.4, -0.2) is 98.7 Å². The molecule has 1 fully saturated rings. The number of nitrogens with one attached hydrogen (secondary N) is 2. The molecule has 0 bridgehead atoms. The fourth-order valence-corrected chi connectivity index (χ4v) is 3.63. The molecule has 0 saturated carbocycles. The Hall–Kier alpha value is -0.850. The van der Waals surface area contributed by atoms with Crippen LogP contribution in [0.1, 0.15) is 47.5 Å². The van der Waals surface area contributed by atoms with Crippen LogP contribution >= 0.6 is 0 Å². The molecule has 1 saturated heterocycles. The van der Waals surface area contributed by atoms with Gasteiger partial charge in [-0.1, -0.05) is 6.92 Å². The van der Waals surface area contributed by atoms with E-state index >= 15 is 0 Å². The van der Waals surface area contributed by atoms with E-state index in [1.807, 2.05) is 7.05 Å². The van der Waals surface area contributed by atoms with Gasteiger partial charge in [-0.3, -0.25) is 9.89 Å². The van der Waals surface area contributed by atoms with Crippen LogP contribution in [0.25, 0.3) is 0 Å². The van der Waals surface area contributed by atoms with Crippen LogP contribution < -0.4 is 10.6 Å². The molecule has 0 unspecified atom stereocenters. The molecule has 0 aromatic heterocycles. The van der Waals surface area contributed by atoms with Crippen molar-refractivity contribution in [3.63, 3.8) is 0 Å². The van der Waals surface area contributed by atoms with Crippen LogP contribution in [0, 0.1) is 0 Å². The van der Waals surface area contributed by atoms with E-state index < -0.39 is 0 Å². The molecule has 0 amide bonds. The number of unbranched alkanes of at least 4 members (excludes halogenated alkanes) is 1. The van der Waals surface area contributed by atoms with Crippen LogP contribution in [0.15, 0.2) is 4.99 Å². The maximum absolute atomic E-state index is 4.34. The van der Waals surface area contributed by atoms with Gasteiger partial charge in [0.25, 0.3) is 0 Å². The Kier molecular flexibility index (Phi) is 11.9. The maximum Gasteiger partial charge on any atom is 0.191 e. The van der Waals surface area contributed by atoms with Gasteiger partial charge in [0.2, 0.25) is 0 Å². The van der Waals surface area contributed by atoms with Crippen molar-refractivity contribution in [2.24, 2.45) is 4.99 Å². The summed E-state index contributed by atoms with van der Waals surface area (Å²) < 4.78 is 0. The smallest absolute Gasteiger partial charge is 0.191 e. The highest BCUT2D eigenvalue weighted by molar-refractivity contribution is 5.79. The lowest BCUT2D eigenvalue weighted by Gasteiger charge is -2.34. The SMILES string of the molecule is CCN1CCN(CCCCNC(=NC)NCCN(C(C)C)C(C)C)CC1. The number of piperazine rings is 1. The summed E-state index contributed by atoms with van der Waals surface area (Å²) in [5.74, 6) is 0.925. The molecule has 154 valence electrons. The standard InChI is InChI=1S/C20H44N6/c1-7-24-14-16-25(17-15-24)12-9-8-10-22-20(21-6)23-11-13-26(18(2)3)19(4)5/h18-19H,7-17H2,1-6H3,(H2,21,22,23). The minimum atomic E-state index is 0.575. The Morgan fingerprint density at radius 2 is 1.50 bits per heavy atom. The van der Waals surface area contributed by atoms with E-state index in [9.17, 15) is 0 Å². The molecular weight excluding hydrogens is 324 g/mol. The Bertz CT molecular complexity index is 366. The highest BCUT2D eigenvalue weighted by Crippen LogP contribution is 2.04. The third kappa shape index (κ3) is 9.19. The second-order valence-corrected chi connectivity index (χ2v) is 7.83. The van der Waals surface area contributed by atoms with Gasteiger partial charge >= 0.3 is 0 Å². The molecule has 0 spiro atoms. The number of rotatable bonds is 11. The molecule has 1 rings (SSSR count). The number of likely N-dealkylation sites (N-methyl/N-ethyl adjacent to an activating group) is 1. The van der Waals surface area contributed by atoms with Crippen molar-refractivity contribution in [3.05, 3.63) is 0 Å². The van der Waals surface area contributed by atoms with Crippen LogP contribution in [-0.2, 0) is 0 Å². The summed E-state index contributed by atoms with van der Waals surface area (Å²) in [4.78, 5) is 12.0. The second-order valence-electron chi connectivity index (χ2n) is 7.83. The molecule has 1 heterocycles. The minimum absolute atomic E-state index is 0.575. The Morgan fingerprint density at radius 1 is 0.923 bits per heavy atom. The summed E-state index contributed by atoms with van der Waals surface area (Å²) in [5, 5.41) is 6.89. The Morgan fingerprint density at radius 3 is 2.04 bits per heavy atom. The van der Waals surface area contributed by atoms with Crippen LogP contribution in [0.3, 0.4) is 0 Å². The molecule has 0 aromatic carbocycles. The highest BCUT2D eigenvalue weighted by atomic mass is 15.3. The monoisotopic (exact) mass is 368 g/mol. The van der Waals surface area contributed by atoms with Gasteiger partial charge in [-0.25, -0.2) is 0 Å². The number of hydrogen-bond acceptors (Lipinski definition) is 4. The lowest BCUT2D eigenvalue weighted by Crippen LogP contribution is -2.46. The molecule has 6 heteroatoms. The summed E-state index contributed by atoms with van der Waals surface area (Å²) in [6.45, 7) is 21.6. The first-order valence-corrected chi connectivity index (χ1v) is 10.6. The van der Waals surface area contributed by atoms with E-state index in [1.165, 1.54) is 52.1 Å². The third-order valence-corrected chi connectivity index (χ3v) is 5.32. The van der Waals surface area contributed by atoms with E-state index in [4.69, 9.17) is 0 Å². The van der Waals surface area contributed by atoms with Crippen molar-refractivity contribution in [2.45, 2.75) is 59.5 Å². The Balaban J connectivity index is 2.09. The van der Waals surface area contributed by atoms with E-state index in [2.05, 4.69) is 64.9 Å². The molecule has 0 aromatic rings. The molecule has 0 atom stereocenters. The molecule has 26 heavy (non-hydrogen) atoms. The van der Waals surface area contributed by atoms with E-state index in [1.54, 1.807) is 0 Å². The van der Waals surface area contributed by atoms with Gasteiger partial charge in [-0.05, 0) is 53.6 Å².